The van der Waals surface area contributed by atoms with E-state index in [0.29, 0.717) is 24.6 Å². The Hall–Kier alpha value is -3.22. The van der Waals surface area contributed by atoms with Crippen molar-refractivity contribution in [3.63, 3.8) is 0 Å². The zero-order chi connectivity index (χ0) is 20.6. The Morgan fingerprint density at radius 3 is 2.59 bits per heavy atom. The van der Waals surface area contributed by atoms with Crippen LogP contribution in [0.5, 0.6) is 11.5 Å². The SMILES string of the molecule is COc1ccc(N2CC(NC(=O)NCCCc3ccccc3)CC2=O)cc1OC. The zero-order valence-electron chi connectivity index (χ0n) is 16.8. The molecule has 2 aromatic rings. The molecule has 154 valence electrons. The van der Waals surface area contributed by atoms with Gasteiger partial charge in [0.25, 0.3) is 0 Å². The van der Waals surface area contributed by atoms with Crippen molar-refractivity contribution in [3.8, 4) is 11.5 Å². The van der Waals surface area contributed by atoms with Crippen molar-refractivity contribution in [1.82, 2.24) is 10.6 Å². The van der Waals surface area contributed by atoms with E-state index in [0.717, 1.165) is 18.5 Å². The predicted molar refractivity (Wildman–Crippen MR) is 112 cm³/mol. The van der Waals surface area contributed by atoms with E-state index in [1.807, 2.05) is 24.3 Å². The van der Waals surface area contributed by atoms with Gasteiger partial charge in [-0.1, -0.05) is 30.3 Å². The fourth-order valence-corrected chi connectivity index (χ4v) is 3.42. The third-order valence-electron chi connectivity index (χ3n) is 4.91. The lowest BCUT2D eigenvalue weighted by molar-refractivity contribution is -0.117. The number of carbonyl (C=O) groups excluding carboxylic acids is 2. The summed E-state index contributed by atoms with van der Waals surface area (Å²) in [4.78, 5) is 26.2. The molecular formula is C22H27N3O4. The molecule has 0 saturated carbocycles. The highest BCUT2D eigenvalue weighted by Gasteiger charge is 2.32. The molecule has 1 atom stereocenters. The summed E-state index contributed by atoms with van der Waals surface area (Å²) < 4.78 is 10.5. The second-order valence-electron chi connectivity index (χ2n) is 6.93. The van der Waals surface area contributed by atoms with E-state index in [1.54, 1.807) is 31.3 Å². The molecule has 3 rings (SSSR count). The molecule has 0 spiro atoms. The van der Waals surface area contributed by atoms with Gasteiger partial charge in [0.05, 0.1) is 20.3 Å². The van der Waals surface area contributed by atoms with Gasteiger partial charge in [-0.25, -0.2) is 4.79 Å². The lowest BCUT2D eigenvalue weighted by Gasteiger charge is -2.19. The van der Waals surface area contributed by atoms with Crippen LogP contribution in [0.1, 0.15) is 18.4 Å². The van der Waals surface area contributed by atoms with Crippen LogP contribution in [-0.4, -0.2) is 45.3 Å². The molecule has 1 fully saturated rings. The highest BCUT2D eigenvalue weighted by Crippen LogP contribution is 2.33. The first-order valence-corrected chi connectivity index (χ1v) is 9.71. The highest BCUT2D eigenvalue weighted by atomic mass is 16.5. The highest BCUT2D eigenvalue weighted by molar-refractivity contribution is 5.97. The van der Waals surface area contributed by atoms with E-state index in [2.05, 4.69) is 22.8 Å². The summed E-state index contributed by atoms with van der Waals surface area (Å²) in [6, 6.07) is 15.0. The minimum atomic E-state index is -0.245. The van der Waals surface area contributed by atoms with Gasteiger partial charge in [-0.15, -0.1) is 0 Å². The molecule has 2 N–H and O–H groups in total. The maximum atomic E-state index is 12.4. The number of amides is 3. The Balaban J connectivity index is 1.47. The molecule has 0 aromatic heterocycles. The lowest BCUT2D eigenvalue weighted by atomic mass is 10.1. The minimum absolute atomic E-state index is 0.0356. The fraction of sp³-hybridized carbons (Fsp3) is 0.364. The molecule has 1 saturated heterocycles. The normalized spacial score (nSPS) is 15.9. The van der Waals surface area contributed by atoms with Crippen molar-refractivity contribution in [3.05, 3.63) is 54.1 Å². The lowest BCUT2D eigenvalue weighted by Crippen LogP contribution is -2.43. The van der Waals surface area contributed by atoms with Crippen molar-refractivity contribution in [2.45, 2.75) is 25.3 Å². The minimum Gasteiger partial charge on any atom is -0.493 e. The molecule has 7 heteroatoms. The molecular weight excluding hydrogens is 370 g/mol. The first-order valence-electron chi connectivity index (χ1n) is 9.71. The molecule has 1 heterocycles. The van der Waals surface area contributed by atoms with E-state index < -0.39 is 0 Å². The van der Waals surface area contributed by atoms with Crippen LogP contribution in [-0.2, 0) is 11.2 Å². The monoisotopic (exact) mass is 397 g/mol. The number of methoxy groups -OCH3 is 2. The van der Waals surface area contributed by atoms with Crippen LogP contribution in [0.15, 0.2) is 48.5 Å². The largest absolute Gasteiger partial charge is 0.493 e. The summed E-state index contributed by atoms with van der Waals surface area (Å²) in [5.74, 6) is 1.13. The molecule has 0 bridgehead atoms. The Morgan fingerprint density at radius 2 is 1.86 bits per heavy atom. The first-order chi connectivity index (χ1) is 14.1. The number of hydrogen-bond acceptors (Lipinski definition) is 4. The average Bonchev–Trinajstić information content (AvgIpc) is 3.11. The Labute approximate surface area is 171 Å². The van der Waals surface area contributed by atoms with Crippen molar-refractivity contribution >= 4 is 17.6 Å². The summed E-state index contributed by atoms with van der Waals surface area (Å²) >= 11 is 0. The van der Waals surface area contributed by atoms with Crippen molar-refractivity contribution in [2.24, 2.45) is 0 Å². The summed E-state index contributed by atoms with van der Waals surface area (Å²) in [6.45, 7) is 1.01. The maximum absolute atomic E-state index is 12.4. The van der Waals surface area contributed by atoms with E-state index in [1.165, 1.54) is 5.56 Å². The standard InChI is InChI=1S/C22H27N3O4/c1-28-19-11-10-18(14-20(19)29-2)25-15-17(13-21(25)26)24-22(27)23-12-6-9-16-7-4-3-5-8-16/h3-5,7-8,10-11,14,17H,6,9,12-13,15H2,1-2H3,(H2,23,24,27). The summed E-state index contributed by atoms with van der Waals surface area (Å²) in [5, 5.41) is 5.76. The number of rotatable bonds is 8. The molecule has 29 heavy (non-hydrogen) atoms. The van der Waals surface area contributed by atoms with Gasteiger partial charge in [0, 0.05) is 31.3 Å². The molecule has 0 radical (unpaired) electrons. The second-order valence-corrected chi connectivity index (χ2v) is 6.93. The molecule has 1 unspecified atom stereocenters. The maximum Gasteiger partial charge on any atom is 0.315 e. The van der Waals surface area contributed by atoms with Gasteiger partial charge in [0.1, 0.15) is 0 Å². The van der Waals surface area contributed by atoms with Gasteiger partial charge in [-0.2, -0.15) is 0 Å². The number of ether oxygens (including phenoxy) is 2. The van der Waals surface area contributed by atoms with Gasteiger partial charge < -0.3 is 25.0 Å². The van der Waals surface area contributed by atoms with Gasteiger partial charge in [-0.05, 0) is 30.5 Å². The van der Waals surface area contributed by atoms with Gasteiger partial charge in [0.2, 0.25) is 5.91 Å². The molecule has 0 aliphatic carbocycles. The molecule has 3 amide bonds. The summed E-state index contributed by atoms with van der Waals surface area (Å²) in [7, 11) is 3.12. The Kier molecular flexibility index (Phi) is 6.94. The fourth-order valence-electron chi connectivity index (χ4n) is 3.42. The van der Waals surface area contributed by atoms with Gasteiger partial charge in [0.15, 0.2) is 11.5 Å². The summed E-state index contributed by atoms with van der Waals surface area (Å²) in [5.41, 5.74) is 1.97. The van der Waals surface area contributed by atoms with Crippen molar-refractivity contribution in [1.29, 1.82) is 0 Å². The molecule has 2 aromatic carbocycles. The number of hydrogen-bond donors (Lipinski definition) is 2. The van der Waals surface area contributed by atoms with E-state index >= 15 is 0 Å². The molecule has 7 nitrogen and oxygen atoms in total. The van der Waals surface area contributed by atoms with Crippen molar-refractivity contribution in [2.75, 3.05) is 32.2 Å². The van der Waals surface area contributed by atoms with Gasteiger partial charge >= 0.3 is 6.03 Å². The Morgan fingerprint density at radius 1 is 1.10 bits per heavy atom. The number of anilines is 1. The number of nitrogens with zero attached hydrogens (tertiary/aromatic N) is 1. The first kappa shape index (κ1) is 20.5. The number of carbonyl (C=O) groups is 2. The Bertz CT molecular complexity index is 841. The predicted octanol–water partition coefficient (Wildman–Crippen LogP) is 2.74. The van der Waals surface area contributed by atoms with Crippen LogP contribution in [0, 0.1) is 0 Å². The summed E-state index contributed by atoms with van der Waals surface area (Å²) in [6.07, 6.45) is 2.04. The smallest absolute Gasteiger partial charge is 0.315 e. The quantitative estimate of drug-likeness (QED) is 0.672. The van der Waals surface area contributed by atoms with Crippen LogP contribution >= 0.6 is 0 Å². The third-order valence-corrected chi connectivity index (χ3v) is 4.91. The number of urea groups is 1. The zero-order valence-corrected chi connectivity index (χ0v) is 16.8. The van der Waals surface area contributed by atoms with E-state index in [9.17, 15) is 9.59 Å². The van der Waals surface area contributed by atoms with Crippen molar-refractivity contribution < 1.29 is 19.1 Å². The number of benzene rings is 2. The average molecular weight is 397 g/mol. The van der Waals surface area contributed by atoms with E-state index in [-0.39, 0.29) is 24.4 Å². The number of nitrogens with one attached hydrogen (secondary N) is 2. The van der Waals surface area contributed by atoms with Crippen LogP contribution in [0.3, 0.4) is 0 Å². The number of aryl methyl sites for hydroxylation is 1. The molecule has 1 aliphatic rings. The second kappa shape index (κ2) is 9.82. The topological polar surface area (TPSA) is 79.9 Å². The third kappa shape index (κ3) is 5.40. The van der Waals surface area contributed by atoms with Crippen LogP contribution < -0.4 is 25.0 Å². The molecule has 1 aliphatic heterocycles. The van der Waals surface area contributed by atoms with E-state index in [4.69, 9.17) is 9.47 Å². The van der Waals surface area contributed by atoms with Crippen LogP contribution in [0.4, 0.5) is 10.5 Å². The van der Waals surface area contributed by atoms with Crippen LogP contribution in [0.2, 0.25) is 0 Å². The van der Waals surface area contributed by atoms with Crippen LogP contribution in [0.25, 0.3) is 0 Å². The van der Waals surface area contributed by atoms with Gasteiger partial charge in [-0.3, -0.25) is 4.79 Å².